The number of nitrogens with zero attached hydrogens (tertiary/aromatic N) is 2. The van der Waals surface area contributed by atoms with Gasteiger partial charge in [0.2, 0.25) is 5.91 Å². The summed E-state index contributed by atoms with van der Waals surface area (Å²) in [5.74, 6) is -0.289. The molecule has 0 saturated carbocycles. The van der Waals surface area contributed by atoms with E-state index >= 15 is 0 Å². The predicted octanol–water partition coefficient (Wildman–Crippen LogP) is 7.22. The van der Waals surface area contributed by atoms with Crippen LogP contribution in [0.4, 0.5) is 5.69 Å². The van der Waals surface area contributed by atoms with Crippen LogP contribution in [0, 0.1) is 0 Å². The number of halogens is 2. The Morgan fingerprint density at radius 3 is 2.19 bits per heavy atom. The first-order chi connectivity index (χ1) is 18.0. The third-order valence-corrected chi connectivity index (χ3v) is 7.38. The van der Waals surface area contributed by atoms with Gasteiger partial charge >= 0.3 is 0 Å². The summed E-state index contributed by atoms with van der Waals surface area (Å²) in [5, 5.41) is 4.02. The first-order valence-electron chi connectivity index (χ1n) is 11.5. The number of anilines is 1. The van der Waals surface area contributed by atoms with Crippen molar-refractivity contribution in [2.75, 3.05) is 5.32 Å². The molecule has 4 aromatic carbocycles. The van der Waals surface area contributed by atoms with Crippen molar-refractivity contribution in [3.05, 3.63) is 135 Å². The lowest BCUT2D eigenvalue weighted by atomic mass is 10.1. The second-order valence-electron chi connectivity index (χ2n) is 8.34. The van der Waals surface area contributed by atoms with Gasteiger partial charge in [0.25, 0.3) is 5.56 Å². The van der Waals surface area contributed by atoms with Gasteiger partial charge in [0.1, 0.15) is 5.25 Å². The zero-order chi connectivity index (χ0) is 25.8. The number of carbonyl (C=O) groups excluding carboxylic acids is 1. The molecule has 0 bridgehead atoms. The van der Waals surface area contributed by atoms with E-state index in [2.05, 4.69) is 5.32 Å². The maximum absolute atomic E-state index is 13.6. The maximum Gasteiger partial charge on any atom is 0.262 e. The third-order valence-electron chi connectivity index (χ3n) is 5.70. The fourth-order valence-corrected chi connectivity index (χ4v) is 5.60. The van der Waals surface area contributed by atoms with Crippen LogP contribution >= 0.6 is 35.0 Å². The molecule has 1 atom stereocenters. The normalized spacial score (nSPS) is 11.8. The summed E-state index contributed by atoms with van der Waals surface area (Å²) in [6, 6.07) is 31.2. The number of para-hydroxylation sites is 1. The summed E-state index contributed by atoms with van der Waals surface area (Å²) in [4.78, 5) is 32.0. The van der Waals surface area contributed by atoms with Crippen molar-refractivity contribution in [1.29, 1.82) is 0 Å². The highest BCUT2D eigenvalue weighted by Crippen LogP contribution is 2.36. The lowest BCUT2D eigenvalue weighted by Crippen LogP contribution is -2.26. The molecule has 1 heterocycles. The average molecular weight is 546 g/mol. The number of fused-ring (bicyclic) bond motifs is 1. The summed E-state index contributed by atoms with van der Waals surface area (Å²) in [6.45, 7) is 0.326. The number of thioether (sulfide) groups is 1. The van der Waals surface area contributed by atoms with E-state index in [0.29, 0.717) is 38.3 Å². The highest BCUT2D eigenvalue weighted by Gasteiger charge is 2.25. The smallest absolute Gasteiger partial charge is 0.262 e. The molecule has 0 aliphatic heterocycles. The van der Waals surface area contributed by atoms with Crippen molar-refractivity contribution in [2.45, 2.75) is 17.0 Å². The van der Waals surface area contributed by atoms with Crippen molar-refractivity contribution >= 4 is 57.5 Å². The summed E-state index contributed by atoms with van der Waals surface area (Å²) in [6.07, 6.45) is 0. The molecule has 0 radical (unpaired) electrons. The third kappa shape index (κ3) is 5.88. The monoisotopic (exact) mass is 545 g/mol. The zero-order valence-electron chi connectivity index (χ0n) is 19.5. The van der Waals surface area contributed by atoms with E-state index in [4.69, 9.17) is 28.2 Å². The summed E-state index contributed by atoms with van der Waals surface area (Å²) < 4.78 is 1.63. The molecule has 0 aliphatic carbocycles. The average Bonchev–Trinajstić information content (AvgIpc) is 2.89. The summed E-state index contributed by atoms with van der Waals surface area (Å²) >= 11 is 13.5. The van der Waals surface area contributed by atoms with Gasteiger partial charge in [-0.25, -0.2) is 4.98 Å². The van der Waals surface area contributed by atoms with Gasteiger partial charge in [0.05, 0.1) is 17.4 Å². The molecule has 0 spiro atoms. The van der Waals surface area contributed by atoms with Crippen LogP contribution in [0.15, 0.2) is 113 Å². The van der Waals surface area contributed by atoms with Crippen molar-refractivity contribution < 1.29 is 4.79 Å². The molecule has 1 aromatic heterocycles. The minimum absolute atomic E-state index is 0.161. The lowest BCUT2D eigenvalue weighted by molar-refractivity contribution is -0.115. The van der Waals surface area contributed by atoms with Crippen LogP contribution in [0.2, 0.25) is 10.0 Å². The molecule has 1 N–H and O–H groups in total. The molecule has 0 fully saturated rings. The number of hydrogen-bond donors (Lipinski definition) is 1. The van der Waals surface area contributed by atoms with Gasteiger partial charge in [-0.2, -0.15) is 0 Å². The lowest BCUT2D eigenvalue weighted by Gasteiger charge is -2.20. The number of carbonyl (C=O) groups is 1. The number of nitrogens with one attached hydrogen (secondary N) is 1. The van der Waals surface area contributed by atoms with E-state index in [1.165, 1.54) is 11.8 Å². The van der Waals surface area contributed by atoms with Crippen molar-refractivity contribution in [2.24, 2.45) is 0 Å². The van der Waals surface area contributed by atoms with Gasteiger partial charge < -0.3 is 5.32 Å². The minimum Gasteiger partial charge on any atom is -0.325 e. The van der Waals surface area contributed by atoms with Gasteiger partial charge in [0.15, 0.2) is 5.16 Å². The Kier molecular flexibility index (Phi) is 7.60. The first kappa shape index (κ1) is 25.1. The van der Waals surface area contributed by atoms with Crippen molar-refractivity contribution in [3.8, 4) is 0 Å². The van der Waals surface area contributed by atoms with E-state index in [0.717, 1.165) is 11.1 Å². The van der Waals surface area contributed by atoms with Crippen LogP contribution in [-0.2, 0) is 11.3 Å². The summed E-state index contributed by atoms with van der Waals surface area (Å²) in [5.41, 5.74) is 2.63. The van der Waals surface area contributed by atoms with E-state index in [-0.39, 0.29) is 11.5 Å². The van der Waals surface area contributed by atoms with Gasteiger partial charge in [-0.3, -0.25) is 14.2 Å². The standard InChI is InChI=1S/C29H21Cl2N3O2S/c30-21-15-22(31)17-23(16-21)32-27(35)26(20-11-5-2-6-12-20)37-29-33-25-14-8-7-13-24(25)28(36)34(29)18-19-9-3-1-4-10-19/h1-17,26H,18H2,(H,32,35). The second-order valence-corrected chi connectivity index (χ2v) is 10.3. The maximum atomic E-state index is 13.6. The minimum atomic E-state index is -0.700. The molecule has 5 rings (SSSR count). The fourth-order valence-electron chi connectivity index (χ4n) is 3.98. The van der Waals surface area contributed by atoms with Crippen LogP contribution in [-0.4, -0.2) is 15.5 Å². The molecule has 8 heteroatoms. The molecule has 1 unspecified atom stereocenters. The Morgan fingerprint density at radius 1 is 0.865 bits per heavy atom. The van der Waals surface area contributed by atoms with Crippen LogP contribution in [0.3, 0.4) is 0 Å². The fraction of sp³-hybridized carbons (Fsp3) is 0.0690. The molecular formula is C29H21Cl2N3O2S. The Labute approximate surface area is 228 Å². The number of rotatable bonds is 7. The molecule has 1 amide bonds. The number of benzene rings is 4. The largest absolute Gasteiger partial charge is 0.325 e. The van der Waals surface area contributed by atoms with Gasteiger partial charge in [-0.05, 0) is 41.5 Å². The Morgan fingerprint density at radius 2 is 1.49 bits per heavy atom. The molecule has 0 aliphatic rings. The van der Waals surface area contributed by atoms with Crippen LogP contribution < -0.4 is 10.9 Å². The van der Waals surface area contributed by atoms with Gasteiger partial charge in [-0.1, -0.05) is 108 Å². The molecule has 5 nitrogen and oxygen atoms in total. The van der Waals surface area contributed by atoms with Crippen LogP contribution in [0.25, 0.3) is 10.9 Å². The quantitative estimate of drug-likeness (QED) is 0.173. The summed E-state index contributed by atoms with van der Waals surface area (Å²) in [7, 11) is 0. The van der Waals surface area contributed by atoms with E-state index in [1.807, 2.05) is 72.8 Å². The Hall–Kier alpha value is -3.58. The second kappa shape index (κ2) is 11.2. The topological polar surface area (TPSA) is 64.0 Å². The van der Waals surface area contributed by atoms with Crippen molar-refractivity contribution in [1.82, 2.24) is 9.55 Å². The number of aromatic nitrogens is 2. The SMILES string of the molecule is O=C(Nc1cc(Cl)cc(Cl)c1)C(Sc1nc2ccccc2c(=O)n1Cc1ccccc1)c1ccccc1. The highest BCUT2D eigenvalue weighted by atomic mass is 35.5. The molecule has 0 saturated heterocycles. The van der Waals surface area contributed by atoms with Crippen molar-refractivity contribution in [3.63, 3.8) is 0 Å². The first-order valence-corrected chi connectivity index (χ1v) is 13.1. The van der Waals surface area contributed by atoms with Gasteiger partial charge in [-0.15, -0.1) is 0 Å². The van der Waals surface area contributed by atoms with Crippen LogP contribution in [0.5, 0.6) is 0 Å². The molecular weight excluding hydrogens is 525 g/mol. The van der Waals surface area contributed by atoms with E-state index in [1.54, 1.807) is 34.9 Å². The number of amides is 1. The van der Waals surface area contributed by atoms with E-state index < -0.39 is 5.25 Å². The van der Waals surface area contributed by atoms with Gasteiger partial charge in [0, 0.05) is 15.7 Å². The Bertz CT molecular complexity index is 1610. The zero-order valence-corrected chi connectivity index (χ0v) is 21.8. The molecule has 37 heavy (non-hydrogen) atoms. The predicted molar refractivity (Wildman–Crippen MR) is 152 cm³/mol. The van der Waals surface area contributed by atoms with Crippen LogP contribution in [0.1, 0.15) is 16.4 Å². The highest BCUT2D eigenvalue weighted by molar-refractivity contribution is 8.00. The number of hydrogen-bond acceptors (Lipinski definition) is 4. The molecule has 184 valence electrons. The molecule has 5 aromatic rings. The Balaban J connectivity index is 1.58. The van der Waals surface area contributed by atoms with E-state index in [9.17, 15) is 9.59 Å².